The number of hydrogen-bond donors (Lipinski definition) is 1. The van der Waals surface area contributed by atoms with Gasteiger partial charge in [0.25, 0.3) is 0 Å². The van der Waals surface area contributed by atoms with E-state index in [1.54, 1.807) is 18.2 Å². The van der Waals surface area contributed by atoms with Crippen LogP contribution in [0.15, 0.2) is 23.1 Å². The number of carbonyl (C=O) groups is 2. The monoisotopic (exact) mass is 492 g/mol. The predicted molar refractivity (Wildman–Crippen MR) is 129 cm³/mol. The number of aryl methyl sites for hydroxylation is 1. The van der Waals surface area contributed by atoms with Crippen LogP contribution in [0.3, 0.4) is 0 Å². The zero-order valence-electron chi connectivity index (χ0n) is 20.0. The first kappa shape index (κ1) is 25.1. The number of morpholine rings is 1. The maximum Gasteiger partial charge on any atom is 0.243 e. The van der Waals surface area contributed by atoms with Gasteiger partial charge in [0.05, 0.1) is 18.1 Å². The van der Waals surface area contributed by atoms with Crippen LogP contribution in [0.1, 0.15) is 38.2 Å². The van der Waals surface area contributed by atoms with Crippen LogP contribution in [0, 0.1) is 5.92 Å². The predicted octanol–water partition coefficient (Wildman–Crippen LogP) is 1.22. The van der Waals surface area contributed by atoms with Crippen LogP contribution in [0.5, 0.6) is 0 Å². The summed E-state index contributed by atoms with van der Waals surface area (Å²) in [6, 6.07) is 4.89. The number of piperidine rings is 1. The number of rotatable bonds is 7. The molecule has 0 saturated carbocycles. The van der Waals surface area contributed by atoms with Crippen molar-refractivity contribution in [1.29, 1.82) is 0 Å². The molecule has 2 amide bonds. The van der Waals surface area contributed by atoms with E-state index in [-0.39, 0.29) is 23.3 Å². The lowest BCUT2D eigenvalue weighted by Gasteiger charge is -2.30. The molecule has 0 spiro atoms. The molecule has 2 fully saturated rings. The Morgan fingerprint density at radius 2 is 1.85 bits per heavy atom. The zero-order valence-corrected chi connectivity index (χ0v) is 20.8. The SMILES string of the molecule is CC1CCN(CCNC(=O)CN2C(=O)CCCc3cc(S(=O)(=O)N4CCOCC4)ccc32)CC1. The number of sulfonamides is 1. The summed E-state index contributed by atoms with van der Waals surface area (Å²) in [6.45, 7) is 7.15. The lowest BCUT2D eigenvalue weighted by Crippen LogP contribution is -2.44. The molecule has 0 unspecified atom stereocenters. The van der Waals surface area contributed by atoms with Gasteiger partial charge in [-0.2, -0.15) is 4.31 Å². The fourth-order valence-corrected chi connectivity index (χ4v) is 6.29. The van der Waals surface area contributed by atoms with Crippen LogP contribution in [0.25, 0.3) is 0 Å². The Kier molecular flexibility index (Phi) is 8.23. The normalized spacial score (nSPS) is 21.2. The fraction of sp³-hybridized carbons (Fsp3) is 0.667. The first-order valence-electron chi connectivity index (χ1n) is 12.3. The molecule has 34 heavy (non-hydrogen) atoms. The molecule has 9 nitrogen and oxygen atoms in total. The van der Waals surface area contributed by atoms with Crippen molar-refractivity contribution in [3.63, 3.8) is 0 Å². The summed E-state index contributed by atoms with van der Waals surface area (Å²) in [5.41, 5.74) is 1.42. The molecule has 1 N–H and O–H groups in total. The van der Waals surface area contributed by atoms with Crippen LogP contribution < -0.4 is 10.2 Å². The van der Waals surface area contributed by atoms with E-state index in [0.29, 0.717) is 57.8 Å². The average molecular weight is 493 g/mol. The smallest absolute Gasteiger partial charge is 0.243 e. The highest BCUT2D eigenvalue weighted by Crippen LogP contribution is 2.30. The molecule has 3 heterocycles. The lowest BCUT2D eigenvalue weighted by atomic mass is 9.99. The minimum absolute atomic E-state index is 0.0571. The largest absolute Gasteiger partial charge is 0.379 e. The third kappa shape index (κ3) is 5.97. The van der Waals surface area contributed by atoms with Gasteiger partial charge in [-0.05, 0) is 68.5 Å². The number of nitrogens with one attached hydrogen (secondary N) is 1. The molecule has 2 saturated heterocycles. The highest BCUT2D eigenvalue weighted by molar-refractivity contribution is 7.89. The Hall–Kier alpha value is -2.01. The maximum atomic E-state index is 13.1. The second kappa shape index (κ2) is 11.2. The van der Waals surface area contributed by atoms with Crippen molar-refractivity contribution in [2.45, 2.75) is 43.9 Å². The van der Waals surface area contributed by atoms with Gasteiger partial charge in [0.15, 0.2) is 0 Å². The van der Waals surface area contributed by atoms with Gasteiger partial charge in [-0.1, -0.05) is 6.92 Å². The van der Waals surface area contributed by atoms with Crippen molar-refractivity contribution in [2.75, 3.05) is 63.9 Å². The number of amides is 2. The van der Waals surface area contributed by atoms with E-state index >= 15 is 0 Å². The summed E-state index contributed by atoms with van der Waals surface area (Å²) in [5.74, 6) is 0.462. The third-order valence-electron chi connectivity index (χ3n) is 7.02. The van der Waals surface area contributed by atoms with Gasteiger partial charge in [0, 0.05) is 38.3 Å². The Labute approximate surface area is 202 Å². The summed E-state index contributed by atoms with van der Waals surface area (Å²) >= 11 is 0. The first-order valence-corrected chi connectivity index (χ1v) is 13.8. The van der Waals surface area contributed by atoms with Crippen molar-refractivity contribution in [2.24, 2.45) is 5.92 Å². The van der Waals surface area contributed by atoms with Gasteiger partial charge in [-0.15, -0.1) is 0 Å². The molecule has 1 aromatic rings. The fourth-order valence-electron chi connectivity index (χ4n) is 4.83. The van der Waals surface area contributed by atoms with E-state index in [4.69, 9.17) is 4.74 Å². The molecule has 0 aliphatic carbocycles. The van der Waals surface area contributed by atoms with Crippen LogP contribution in [0.4, 0.5) is 5.69 Å². The van der Waals surface area contributed by atoms with Crippen LogP contribution in [-0.4, -0.2) is 88.5 Å². The van der Waals surface area contributed by atoms with Crippen molar-refractivity contribution >= 4 is 27.5 Å². The minimum atomic E-state index is -3.62. The van der Waals surface area contributed by atoms with Gasteiger partial charge in [0.2, 0.25) is 21.8 Å². The Balaban J connectivity index is 1.41. The number of hydrogen-bond acceptors (Lipinski definition) is 6. The first-order chi connectivity index (χ1) is 16.3. The van der Waals surface area contributed by atoms with Gasteiger partial charge in [-0.3, -0.25) is 9.59 Å². The molecule has 0 radical (unpaired) electrons. The Morgan fingerprint density at radius 3 is 2.59 bits per heavy atom. The Bertz CT molecular complexity index is 985. The number of ether oxygens (including phenoxy) is 1. The van der Waals surface area contributed by atoms with Crippen molar-refractivity contribution < 1.29 is 22.7 Å². The van der Waals surface area contributed by atoms with Gasteiger partial charge < -0.3 is 19.9 Å². The molecule has 3 aliphatic heterocycles. The number of benzene rings is 1. The van der Waals surface area contributed by atoms with E-state index in [9.17, 15) is 18.0 Å². The summed E-state index contributed by atoms with van der Waals surface area (Å²) < 4.78 is 32.9. The number of carbonyl (C=O) groups excluding carboxylic acids is 2. The molecule has 1 aromatic carbocycles. The summed E-state index contributed by atoms with van der Waals surface area (Å²) in [6.07, 6.45) is 3.93. The number of likely N-dealkylation sites (tertiary alicyclic amines) is 1. The third-order valence-corrected chi connectivity index (χ3v) is 8.91. The molecule has 188 valence electrons. The zero-order chi connectivity index (χ0) is 24.1. The van der Waals surface area contributed by atoms with Crippen LogP contribution >= 0.6 is 0 Å². The molecule has 3 aliphatic rings. The van der Waals surface area contributed by atoms with Gasteiger partial charge >= 0.3 is 0 Å². The van der Waals surface area contributed by atoms with Crippen molar-refractivity contribution in [1.82, 2.24) is 14.5 Å². The van der Waals surface area contributed by atoms with Gasteiger partial charge in [0.1, 0.15) is 6.54 Å². The highest BCUT2D eigenvalue weighted by Gasteiger charge is 2.29. The van der Waals surface area contributed by atoms with E-state index in [1.165, 1.54) is 22.0 Å². The number of nitrogens with zero attached hydrogens (tertiary/aromatic N) is 3. The van der Waals surface area contributed by atoms with Crippen LogP contribution in [0.2, 0.25) is 0 Å². The van der Waals surface area contributed by atoms with E-state index in [1.807, 2.05) is 0 Å². The maximum absolute atomic E-state index is 13.1. The second-order valence-electron chi connectivity index (χ2n) is 9.51. The quantitative estimate of drug-likeness (QED) is 0.615. The van der Waals surface area contributed by atoms with E-state index in [2.05, 4.69) is 17.1 Å². The Morgan fingerprint density at radius 1 is 1.12 bits per heavy atom. The molecule has 4 rings (SSSR count). The molecule has 0 atom stereocenters. The van der Waals surface area contributed by atoms with E-state index < -0.39 is 10.0 Å². The number of anilines is 1. The second-order valence-corrected chi connectivity index (χ2v) is 11.5. The summed E-state index contributed by atoms with van der Waals surface area (Å²) in [5, 5.41) is 2.95. The van der Waals surface area contributed by atoms with Crippen molar-refractivity contribution in [3.8, 4) is 0 Å². The number of fused-ring (bicyclic) bond motifs is 1. The minimum Gasteiger partial charge on any atom is -0.379 e. The van der Waals surface area contributed by atoms with Gasteiger partial charge in [-0.25, -0.2) is 8.42 Å². The molecule has 10 heteroatoms. The summed E-state index contributed by atoms with van der Waals surface area (Å²) in [4.78, 5) is 29.6. The molecular weight excluding hydrogens is 456 g/mol. The average Bonchev–Trinajstić information content (AvgIpc) is 2.99. The molecule has 0 bridgehead atoms. The van der Waals surface area contributed by atoms with Crippen LogP contribution in [-0.2, 0) is 30.8 Å². The topological polar surface area (TPSA) is 99.3 Å². The van der Waals surface area contributed by atoms with Crippen molar-refractivity contribution in [3.05, 3.63) is 23.8 Å². The standard InChI is InChI=1S/C24H36N4O5S/c1-19-7-10-26(11-8-19)12-9-25-23(29)18-28-22-6-5-21(17-20(22)3-2-4-24(28)30)34(31,32)27-13-15-33-16-14-27/h5-6,17,19H,2-4,7-16,18H2,1H3,(H,25,29). The molecule has 0 aromatic heterocycles. The lowest BCUT2D eigenvalue weighted by molar-refractivity contribution is -0.123. The highest BCUT2D eigenvalue weighted by atomic mass is 32.2. The molecular formula is C24H36N4O5S. The summed E-state index contributed by atoms with van der Waals surface area (Å²) in [7, 11) is -3.62. The van der Waals surface area contributed by atoms with E-state index in [0.717, 1.165) is 31.1 Å².